The zero-order valence-electron chi connectivity index (χ0n) is 25.4. The second kappa shape index (κ2) is 14.8. The van der Waals surface area contributed by atoms with E-state index in [-0.39, 0.29) is 13.2 Å². The van der Waals surface area contributed by atoms with Crippen molar-refractivity contribution in [3.63, 3.8) is 0 Å². The van der Waals surface area contributed by atoms with E-state index in [4.69, 9.17) is 14.2 Å². The van der Waals surface area contributed by atoms with Gasteiger partial charge in [-0.2, -0.15) is 0 Å². The van der Waals surface area contributed by atoms with Gasteiger partial charge < -0.3 is 19.3 Å². The zero-order chi connectivity index (χ0) is 32.6. The Morgan fingerprint density at radius 1 is 0.809 bits per heavy atom. The van der Waals surface area contributed by atoms with Crippen molar-refractivity contribution in [1.82, 2.24) is 9.55 Å². The van der Waals surface area contributed by atoms with E-state index in [0.717, 1.165) is 16.7 Å². The molecule has 1 aliphatic heterocycles. The first kappa shape index (κ1) is 32.2. The molecule has 1 aliphatic rings. The molecule has 0 radical (unpaired) electrons. The minimum Gasteiger partial charge on any atom is -0.461 e. The average Bonchev–Trinajstić information content (AvgIpc) is 3.42. The van der Waals surface area contributed by atoms with Crippen molar-refractivity contribution in [3.05, 3.63) is 177 Å². The largest absolute Gasteiger partial charge is 0.461 e. The summed E-state index contributed by atoms with van der Waals surface area (Å²) in [6.45, 7) is 0.131. The molecule has 2 heterocycles. The highest BCUT2D eigenvalue weighted by Crippen LogP contribution is 2.43. The van der Waals surface area contributed by atoms with E-state index < -0.39 is 46.5 Å². The van der Waals surface area contributed by atoms with E-state index in [1.807, 2.05) is 97.1 Å². The van der Waals surface area contributed by atoms with E-state index in [9.17, 15) is 19.5 Å². The summed E-state index contributed by atoms with van der Waals surface area (Å²) in [4.78, 5) is 39.3. The molecule has 5 aromatic rings. The molecule has 0 spiro atoms. The number of aliphatic hydroxyl groups is 1. The topological polar surface area (TPSA) is 120 Å². The normalized spacial score (nSPS) is 19.3. The van der Waals surface area contributed by atoms with Crippen molar-refractivity contribution < 1.29 is 24.1 Å². The fraction of sp³-hybridized carbons (Fsp3) is 0.216. The van der Waals surface area contributed by atoms with Gasteiger partial charge in [0.15, 0.2) is 6.23 Å². The predicted molar refractivity (Wildman–Crippen MR) is 179 cm³/mol. The number of thioether (sulfide) groups is 1. The minimum atomic E-state index is -1.15. The molecule has 0 saturated carbocycles. The maximum absolute atomic E-state index is 12.7. The van der Waals surface area contributed by atoms with Crippen molar-refractivity contribution in [2.75, 3.05) is 19.0 Å². The number of rotatable bonds is 12. The molecule has 2 N–H and O–H groups in total. The number of esters is 1. The van der Waals surface area contributed by atoms with Crippen LogP contribution in [0.3, 0.4) is 0 Å². The molecule has 10 heteroatoms. The Balaban J connectivity index is 1.30. The fourth-order valence-electron chi connectivity index (χ4n) is 5.87. The van der Waals surface area contributed by atoms with E-state index in [2.05, 4.69) is 4.98 Å². The molecule has 0 amide bonds. The van der Waals surface area contributed by atoms with Crippen LogP contribution in [-0.4, -0.2) is 57.1 Å². The lowest BCUT2D eigenvalue weighted by molar-refractivity contribution is -0.0872. The highest BCUT2D eigenvalue weighted by atomic mass is 32.2. The number of aromatic nitrogens is 2. The number of nitrogens with zero attached hydrogens (tertiary/aromatic N) is 1. The molecule has 9 nitrogen and oxygen atoms in total. The van der Waals surface area contributed by atoms with Crippen LogP contribution < -0.4 is 11.2 Å². The SMILES string of the molecule is O=C(OCCS[C@H]1[C@H](O)[C@H](n2ccc(=O)[nH]c2=O)O[C@@H]1COC(c1ccccc1)(c1ccccc1)c1ccccc1)c1ccccc1. The second-order valence-corrected chi connectivity index (χ2v) is 12.3. The lowest BCUT2D eigenvalue weighted by Gasteiger charge is -2.37. The van der Waals surface area contributed by atoms with Crippen LogP contribution in [0.15, 0.2) is 143 Å². The fourth-order valence-corrected chi connectivity index (χ4v) is 7.01. The van der Waals surface area contributed by atoms with Crippen LogP contribution in [0.1, 0.15) is 33.3 Å². The number of ether oxygens (including phenoxy) is 3. The van der Waals surface area contributed by atoms with Crippen LogP contribution in [-0.2, 0) is 19.8 Å². The maximum atomic E-state index is 12.7. The average molecular weight is 651 g/mol. The van der Waals surface area contributed by atoms with Gasteiger partial charge in [0.1, 0.15) is 18.3 Å². The first-order valence-corrected chi connectivity index (χ1v) is 16.3. The highest BCUT2D eigenvalue weighted by molar-refractivity contribution is 8.00. The Morgan fingerprint density at radius 3 is 1.87 bits per heavy atom. The van der Waals surface area contributed by atoms with Gasteiger partial charge in [0.2, 0.25) is 0 Å². The number of benzene rings is 4. The Labute approximate surface area is 275 Å². The van der Waals surface area contributed by atoms with Gasteiger partial charge in [-0.1, -0.05) is 109 Å². The lowest BCUT2D eigenvalue weighted by atomic mass is 9.80. The Hall–Kier alpha value is -4.74. The lowest BCUT2D eigenvalue weighted by Crippen LogP contribution is -2.39. The molecule has 240 valence electrons. The molecule has 1 aromatic heterocycles. The van der Waals surface area contributed by atoms with Crippen molar-refractivity contribution >= 4 is 17.7 Å². The Bertz CT molecular complexity index is 1770. The van der Waals surface area contributed by atoms with Gasteiger partial charge in [0.25, 0.3) is 5.56 Å². The van der Waals surface area contributed by atoms with Crippen molar-refractivity contribution in [2.24, 2.45) is 0 Å². The molecule has 4 aromatic carbocycles. The Morgan fingerprint density at radius 2 is 1.34 bits per heavy atom. The third-order valence-electron chi connectivity index (χ3n) is 8.08. The van der Waals surface area contributed by atoms with Crippen LogP contribution in [0, 0.1) is 0 Å². The molecule has 0 unspecified atom stereocenters. The quantitative estimate of drug-likeness (QED) is 0.113. The predicted octanol–water partition coefficient (Wildman–Crippen LogP) is 4.76. The standard InChI is InChI=1S/C37H34N2O7S/c40-31-21-22-39(36(43)38-31)34-32(41)33(47-24-23-44-35(42)26-13-5-1-6-14-26)30(46-34)25-45-37(27-15-7-2-8-16-27,28-17-9-3-10-18-28)29-19-11-4-12-20-29/h1-22,30,32-34,41H,23-25H2,(H,38,40,43)/t30-,32+,33-,34-/m1/s1. The summed E-state index contributed by atoms with van der Waals surface area (Å²) >= 11 is 1.36. The molecule has 0 aliphatic carbocycles. The summed E-state index contributed by atoms with van der Waals surface area (Å²) in [6.07, 6.45) is -1.62. The zero-order valence-corrected chi connectivity index (χ0v) is 26.2. The third-order valence-corrected chi connectivity index (χ3v) is 9.45. The second-order valence-electron chi connectivity index (χ2n) is 11.0. The van der Waals surface area contributed by atoms with Crippen LogP contribution in [0.5, 0.6) is 0 Å². The van der Waals surface area contributed by atoms with Crippen molar-refractivity contribution in [1.29, 1.82) is 0 Å². The van der Waals surface area contributed by atoms with E-state index >= 15 is 0 Å². The van der Waals surface area contributed by atoms with Crippen molar-refractivity contribution in [2.45, 2.75) is 29.3 Å². The summed E-state index contributed by atoms with van der Waals surface area (Å²) in [5, 5.41) is 11.0. The monoisotopic (exact) mass is 650 g/mol. The molecule has 6 rings (SSSR count). The third kappa shape index (κ3) is 7.01. The van der Waals surface area contributed by atoms with Crippen LogP contribution in [0.2, 0.25) is 0 Å². The van der Waals surface area contributed by atoms with Gasteiger partial charge in [-0.05, 0) is 28.8 Å². The first-order chi connectivity index (χ1) is 23.0. The van der Waals surface area contributed by atoms with Gasteiger partial charge in [0, 0.05) is 18.0 Å². The van der Waals surface area contributed by atoms with Gasteiger partial charge >= 0.3 is 11.7 Å². The number of carbonyl (C=O) groups is 1. The van der Waals surface area contributed by atoms with Crippen LogP contribution in [0.25, 0.3) is 0 Å². The van der Waals surface area contributed by atoms with E-state index in [1.165, 1.54) is 28.6 Å². The summed E-state index contributed by atoms with van der Waals surface area (Å²) in [5.41, 5.74) is 0.874. The number of hydrogen-bond donors (Lipinski definition) is 2. The highest BCUT2D eigenvalue weighted by Gasteiger charge is 2.47. The number of hydrogen-bond acceptors (Lipinski definition) is 8. The molecule has 0 bridgehead atoms. The molecule has 1 fully saturated rings. The van der Waals surface area contributed by atoms with E-state index in [1.54, 1.807) is 24.3 Å². The number of H-pyrrole nitrogens is 1. The summed E-state index contributed by atoms with van der Waals surface area (Å²) in [6, 6.07) is 39.6. The Kier molecular flexibility index (Phi) is 10.1. The summed E-state index contributed by atoms with van der Waals surface area (Å²) in [7, 11) is 0. The molecular formula is C37H34N2O7S. The van der Waals surface area contributed by atoms with Gasteiger partial charge in [-0.3, -0.25) is 14.3 Å². The molecular weight excluding hydrogens is 616 g/mol. The van der Waals surface area contributed by atoms with Gasteiger partial charge in [-0.15, -0.1) is 11.8 Å². The summed E-state index contributed by atoms with van der Waals surface area (Å²) in [5.74, 6) is -0.0837. The summed E-state index contributed by atoms with van der Waals surface area (Å²) < 4.78 is 20.0. The number of carbonyl (C=O) groups excluding carboxylic acids is 1. The number of aromatic amines is 1. The first-order valence-electron chi connectivity index (χ1n) is 15.3. The van der Waals surface area contributed by atoms with Gasteiger partial charge in [-0.25, -0.2) is 9.59 Å². The molecule has 1 saturated heterocycles. The van der Waals surface area contributed by atoms with Crippen molar-refractivity contribution in [3.8, 4) is 0 Å². The van der Waals surface area contributed by atoms with Gasteiger partial charge in [0.05, 0.1) is 23.5 Å². The van der Waals surface area contributed by atoms with Crippen LogP contribution >= 0.6 is 11.8 Å². The minimum absolute atomic E-state index is 0.0335. The number of nitrogens with one attached hydrogen (secondary N) is 1. The molecule has 47 heavy (non-hydrogen) atoms. The van der Waals surface area contributed by atoms with Crippen LogP contribution in [0.4, 0.5) is 0 Å². The smallest absolute Gasteiger partial charge is 0.338 e. The number of aliphatic hydroxyl groups excluding tert-OH is 1. The van der Waals surface area contributed by atoms with E-state index in [0.29, 0.717) is 11.3 Å². The molecule has 4 atom stereocenters. The maximum Gasteiger partial charge on any atom is 0.338 e.